The number of nitrogens with zero attached hydrogens (tertiary/aromatic N) is 2. The van der Waals surface area contributed by atoms with E-state index in [9.17, 15) is 9.50 Å². The van der Waals surface area contributed by atoms with Gasteiger partial charge in [0.25, 0.3) is 6.01 Å². The molecule has 5 rings (SSSR count). The van der Waals surface area contributed by atoms with Gasteiger partial charge in [-0.2, -0.15) is 9.97 Å². The van der Waals surface area contributed by atoms with E-state index >= 15 is 0 Å². The van der Waals surface area contributed by atoms with Gasteiger partial charge in [0, 0.05) is 5.56 Å². The lowest BCUT2D eigenvalue weighted by molar-refractivity contribution is 0.00706. The molecule has 1 unspecified atom stereocenters. The van der Waals surface area contributed by atoms with Crippen molar-refractivity contribution < 1.29 is 28.4 Å². The number of halogens is 3. The van der Waals surface area contributed by atoms with Crippen molar-refractivity contribution in [3.63, 3.8) is 0 Å². The molecule has 2 N–H and O–H groups in total. The maximum atomic E-state index is 13.2. The number of hydrogen-bond donors (Lipinski definition) is 2. The summed E-state index contributed by atoms with van der Waals surface area (Å²) in [6.45, 7) is 0.558. The van der Waals surface area contributed by atoms with Gasteiger partial charge in [0.15, 0.2) is 11.8 Å². The Hall–Kier alpha value is -2.17. The molecule has 0 saturated carbocycles. The van der Waals surface area contributed by atoms with E-state index in [1.165, 1.54) is 18.2 Å². The predicted octanol–water partition coefficient (Wildman–Crippen LogP) is 2.89. The van der Waals surface area contributed by atoms with Crippen LogP contribution in [-0.4, -0.2) is 57.7 Å². The van der Waals surface area contributed by atoms with E-state index in [2.05, 4.69) is 15.0 Å². The van der Waals surface area contributed by atoms with Crippen LogP contribution >= 0.6 is 23.2 Å². The fraction of sp³-hybridized carbons (Fsp3) is 0.368. The lowest BCUT2D eigenvalue weighted by atomic mass is 10.1. The Morgan fingerprint density at radius 2 is 1.97 bits per heavy atom. The van der Waals surface area contributed by atoms with Crippen LogP contribution in [0.3, 0.4) is 0 Å². The second-order valence-electron chi connectivity index (χ2n) is 7.03. The Morgan fingerprint density at radius 3 is 2.80 bits per heavy atom. The summed E-state index contributed by atoms with van der Waals surface area (Å²) < 4.78 is 35.8. The van der Waals surface area contributed by atoms with Crippen molar-refractivity contribution in [1.82, 2.24) is 15.0 Å². The smallest absolute Gasteiger partial charge is 0.296 e. The van der Waals surface area contributed by atoms with Crippen molar-refractivity contribution in [2.75, 3.05) is 13.2 Å². The Labute approximate surface area is 179 Å². The van der Waals surface area contributed by atoms with E-state index in [1.807, 2.05) is 0 Å². The molecule has 11 heteroatoms. The van der Waals surface area contributed by atoms with Gasteiger partial charge in [-0.3, -0.25) is 0 Å². The van der Waals surface area contributed by atoms with Crippen LogP contribution < -0.4 is 9.47 Å². The van der Waals surface area contributed by atoms with Crippen LogP contribution in [0.1, 0.15) is 5.56 Å². The highest BCUT2D eigenvalue weighted by atomic mass is 35.5. The molecule has 8 nitrogen and oxygen atoms in total. The largest absolute Gasteiger partial charge is 0.472 e. The summed E-state index contributed by atoms with van der Waals surface area (Å²) in [5, 5.41) is 10.3. The maximum Gasteiger partial charge on any atom is 0.296 e. The number of aliphatic hydroxyl groups excluding tert-OH is 1. The zero-order valence-corrected chi connectivity index (χ0v) is 16.9. The molecular formula is C19H16Cl2FN3O5. The molecule has 0 aliphatic carbocycles. The van der Waals surface area contributed by atoms with E-state index in [4.69, 9.17) is 42.1 Å². The summed E-state index contributed by atoms with van der Waals surface area (Å²) in [6, 6.07) is 5.88. The molecule has 0 amide bonds. The second kappa shape index (κ2) is 7.82. The molecule has 2 saturated heterocycles. The third-order valence-electron chi connectivity index (χ3n) is 5.00. The minimum atomic E-state index is -0.658. The quantitative estimate of drug-likeness (QED) is 0.609. The normalized spacial score (nSPS) is 25.6. The summed E-state index contributed by atoms with van der Waals surface area (Å²) in [5.74, 6) is -0.268. The van der Waals surface area contributed by atoms with Gasteiger partial charge in [-0.15, -0.1) is 0 Å². The van der Waals surface area contributed by atoms with E-state index in [0.29, 0.717) is 16.7 Å². The first-order valence-electron chi connectivity index (χ1n) is 9.19. The molecule has 2 aromatic heterocycles. The molecule has 0 spiro atoms. The number of aliphatic hydroxyl groups is 1. The summed E-state index contributed by atoms with van der Waals surface area (Å²) >= 11 is 12.3. The minimum absolute atomic E-state index is 0.0628. The summed E-state index contributed by atoms with van der Waals surface area (Å²) in [6.07, 6.45) is -1.82. The number of rotatable bonds is 5. The number of imidazole rings is 1. The highest BCUT2D eigenvalue weighted by Crippen LogP contribution is 2.31. The third-order valence-corrected chi connectivity index (χ3v) is 5.62. The molecule has 2 fully saturated rings. The lowest BCUT2D eigenvalue weighted by Gasteiger charge is -2.15. The molecule has 2 aliphatic rings. The fourth-order valence-corrected chi connectivity index (χ4v) is 3.94. The van der Waals surface area contributed by atoms with Gasteiger partial charge in [-0.25, -0.2) is 4.39 Å². The summed E-state index contributed by atoms with van der Waals surface area (Å²) in [5.41, 5.74) is 1.50. The van der Waals surface area contributed by atoms with E-state index in [0.717, 1.165) is 0 Å². The molecule has 2 aliphatic heterocycles. The average Bonchev–Trinajstić information content (AvgIpc) is 3.38. The van der Waals surface area contributed by atoms with Gasteiger partial charge in [-0.1, -0.05) is 29.3 Å². The molecule has 0 bridgehead atoms. The lowest BCUT2D eigenvalue weighted by Crippen LogP contribution is -2.34. The summed E-state index contributed by atoms with van der Waals surface area (Å²) in [7, 11) is 0. The molecule has 1 aromatic carbocycles. The van der Waals surface area contributed by atoms with Crippen molar-refractivity contribution in [3.8, 4) is 11.9 Å². The van der Waals surface area contributed by atoms with Crippen molar-refractivity contribution in [3.05, 3.63) is 45.7 Å². The van der Waals surface area contributed by atoms with Gasteiger partial charge >= 0.3 is 0 Å². The number of aromatic nitrogens is 3. The highest BCUT2D eigenvalue weighted by Gasteiger charge is 2.48. The monoisotopic (exact) mass is 455 g/mol. The fourth-order valence-electron chi connectivity index (χ4n) is 3.51. The van der Waals surface area contributed by atoms with Crippen molar-refractivity contribution in [2.45, 2.75) is 31.0 Å². The second-order valence-corrected chi connectivity index (χ2v) is 7.85. The molecule has 4 heterocycles. The third kappa shape index (κ3) is 3.67. The number of fused-ring (bicyclic) bond motifs is 2. The standard InChI is InChI=1S/C19H16Cl2FN3O5/c20-10-3-9(22)2-1-8(10)5-29-18-11(21)4-12-17(24-18)25-19(23-12)30-14-7-28-15-13(26)6-27-16(14)15/h1-4,13-16,26H,5-7H2,(H,23,24,25)/t13-,14-,15?,16-/m1/s1. The van der Waals surface area contributed by atoms with Crippen molar-refractivity contribution in [2.24, 2.45) is 0 Å². The molecule has 4 atom stereocenters. The zero-order valence-electron chi connectivity index (χ0n) is 15.3. The van der Waals surface area contributed by atoms with Crippen LogP contribution in [0, 0.1) is 5.82 Å². The van der Waals surface area contributed by atoms with E-state index in [1.54, 1.807) is 6.07 Å². The Kier molecular flexibility index (Phi) is 5.16. The van der Waals surface area contributed by atoms with Gasteiger partial charge in [0.05, 0.1) is 23.8 Å². The maximum absolute atomic E-state index is 13.2. The number of hydrogen-bond acceptors (Lipinski definition) is 7. The first-order chi connectivity index (χ1) is 14.5. The van der Waals surface area contributed by atoms with Crippen LogP contribution in [-0.2, 0) is 16.1 Å². The van der Waals surface area contributed by atoms with Crippen molar-refractivity contribution >= 4 is 34.4 Å². The van der Waals surface area contributed by atoms with Crippen LogP contribution in [0.25, 0.3) is 11.2 Å². The Morgan fingerprint density at radius 1 is 1.13 bits per heavy atom. The number of nitrogens with one attached hydrogen (secondary N) is 1. The average molecular weight is 456 g/mol. The highest BCUT2D eigenvalue weighted by molar-refractivity contribution is 6.32. The number of benzene rings is 1. The van der Waals surface area contributed by atoms with Gasteiger partial charge in [0.1, 0.15) is 35.8 Å². The molecule has 0 radical (unpaired) electrons. The Bertz CT molecular complexity index is 1100. The Balaban J connectivity index is 1.32. The molecular weight excluding hydrogens is 440 g/mol. The van der Waals surface area contributed by atoms with Crippen LogP contribution in [0.5, 0.6) is 11.9 Å². The van der Waals surface area contributed by atoms with Crippen LogP contribution in [0.4, 0.5) is 4.39 Å². The van der Waals surface area contributed by atoms with Crippen molar-refractivity contribution in [1.29, 1.82) is 0 Å². The topological polar surface area (TPSA) is 98.7 Å². The molecule has 3 aromatic rings. The van der Waals surface area contributed by atoms with Crippen LogP contribution in [0.2, 0.25) is 10.0 Å². The first kappa shape index (κ1) is 19.8. The minimum Gasteiger partial charge on any atom is -0.472 e. The van der Waals surface area contributed by atoms with Gasteiger partial charge < -0.3 is 29.0 Å². The van der Waals surface area contributed by atoms with Gasteiger partial charge in [0.2, 0.25) is 5.88 Å². The number of pyridine rings is 1. The predicted molar refractivity (Wildman–Crippen MR) is 105 cm³/mol. The number of aromatic amines is 1. The molecule has 158 valence electrons. The van der Waals surface area contributed by atoms with Crippen LogP contribution in [0.15, 0.2) is 24.3 Å². The zero-order chi connectivity index (χ0) is 20.8. The SMILES string of the molecule is O[C@@H]1CO[C@H]2C1OC[C@H]2Oc1nc2nc(OCc3ccc(F)cc3Cl)c(Cl)cc2[nH]1. The van der Waals surface area contributed by atoms with E-state index in [-0.39, 0.29) is 47.9 Å². The number of ether oxygens (including phenoxy) is 4. The molecule has 30 heavy (non-hydrogen) atoms. The summed E-state index contributed by atoms with van der Waals surface area (Å²) in [4.78, 5) is 11.6. The number of H-pyrrole nitrogens is 1. The first-order valence-corrected chi connectivity index (χ1v) is 9.94. The van der Waals surface area contributed by atoms with E-state index < -0.39 is 24.1 Å². The van der Waals surface area contributed by atoms with Gasteiger partial charge in [-0.05, 0) is 18.2 Å².